The van der Waals surface area contributed by atoms with Crippen molar-refractivity contribution in [2.75, 3.05) is 0 Å². The van der Waals surface area contributed by atoms with Crippen LogP contribution in [-0.4, -0.2) is 0 Å². The number of halogens is 1. The highest BCUT2D eigenvalue weighted by Crippen LogP contribution is 2.38. The number of hydrogen-bond acceptors (Lipinski definition) is 0. The van der Waals surface area contributed by atoms with Gasteiger partial charge in [-0.3, -0.25) is 0 Å². The van der Waals surface area contributed by atoms with Crippen molar-refractivity contribution < 1.29 is 0 Å². The normalized spacial score (nSPS) is 20.2. The summed E-state index contributed by atoms with van der Waals surface area (Å²) < 4.78 is 0. The molecule has 1 aromatic carbocycles. The molecule has 0 amide bonds. The van der Waals surface area contributed by atoms with Gasteiger partial charge in [0.25, 0.3) is 0 Å². The van der Waals surface area contributed by atoms with E-state index < -0.39 is 0 Å². The minimum atomic E-state index is 0.212. The van der Waals surface area contributed by atoms with Gasteiger partial charge in [0, 0.05) is 0 Å². The molecule has 1 aliphatic rings. The Bertz CT molecular complexity index is 375. The lowest BCUT2D eigenvalue weighted by Crippen LogP contribution is -2.11. The molecular weight excluding hydrogens is 240 g/mol. The van der Waals surface area contributed by atoms with Crippen LogP contribution in [0.4, 0.5) is 0 Å². The summed E-state index contributed by atoms with van der Waals surface area (Å²) in [6.45, 7) is 4.34. The van der Waals surface area contributed by atoms with Crippen LogP contribution in [0.15, 0.2) is 18.2 Å². The molecule has 0 spiro atoms. The van der Waals surface area contributed by atoms with E-state index in [1.54, 1.807) is 0 Å². The number of benzene rings is 1. The molecule has 100 valence electrons. The second-order valence-electron chi connectivity index (χ2n) is 5.87. The van der Waals surface area contributed by atoms with Gasteiger partial charge in [-0.2, -0.15) is 0 Å². The van der Waals surface area contributed by atoms with Crippen molar-refractivity contribution in [1.82, 2.24) is 0 Å². The number of rotatable bonds is 2. The molecule has 1 aromatic rings. The van der Waals surface area contributed by atoms with E-state index >= 15 is 0 Å². The fourth-order valence-electron chi connectivity index (χ4n) is 3.17. The summed E-state index contributed by atoms with van der Waals surface area (Å²) in [6.07, 6.45) is 9.55. The first-order valence-electron chi connectivity index (χ1n) is 7.39. The highest BCUT2D eigenvalue weighted by molar-refractivity contribution is 6.21. The zero-order chi connectivity index (χ0) is 13.0. The van der Waals surface area contributed by atoms with Crippen molar-refractivity contribution in [3.8, 4) is 0 Å². The zero-order valence-electron chi connectivity index (χ0n) is 11.7. The van der Waals surface area contributed by atoms with Crippen LogP contribution in [0.5, 0.6) is 0 Å². The molecule has 1 atom stereocenters. The van der Waals surface area contributed by atoms with E-state index in [-0.39, 0.29) is 5.38 Å². The molecule has 18 heavy (non-hydrogen) atoms. The van der Waals surface area contributed by atoms with Gasteiger partial charge in [0.15, 0.2) is 0 Å². The molecule has 0 heterocycles. The van der Waals surface area contributed by atoms with E-state index in [1.165, 1.54) is 61.6 Å². The third-order valence-electron chi connectivity index (χ3n) is 4.29. The molecular formula is C17H25Cl. The minimum absolute atomic E-state index is 0.212. The van der Waals surface area contributed by atoms with Crippen LogP contribution < -0.4 is 0 Å². The van der Waals surface area contributed by atoms with Crippen LogP contribution in [0.1, 0.15) is 67.0 Å². The Morgan fingerprint density at radius 3 is 2.22 bits per heavy atom. The van der Waals surface area contributed by atoms with Crippen LogP contribution in [0.25, 0.3) is 0 Å². The predicted octanol–water partition coefficient (Wildman–Crippen LogP) is 5.94. The maximum Gasteiger partial charge on any atom is 0.0615 e. The molecule has 1 unspecified atom stereocenters. The predicted molar refractivity (Wildman–Crippen MR) is 80.3 cm³/mol. The molecule has 1 heteroatoms. The lowest BCUT2D eigenvalue weighted by molar-refractivity contribution is 0.368. The third kappa shape index (κ3) is 3.51. The zero-order valence-corrected chi connectivity index (χ0v) is 12.5. The van der Waals surface area contributed by atoms with Crippen LogP contribution in [-0.2, 0) is 0 Å². The van der Waals surface area contributed by atoms with E-state index in [1.807, 2.05) is 0 Å². The first-order chi connectivity index (χ1) is 8.68. The van der Waals surface area contributed by atoms with Gasteiger partial charge in [-0.1, -0.05) is 55.9 Å². The van der Waals surface area contributed by atoms with Crippen molar-refractivity contribution in [1.29, 1.82) is 0 Å². The summed E-state index contributed by atoms with van der Waals surface area (Å²) in [7, 11) is 0. The van der Waals surface area contributed by atoms with Crippen molar-refractivity contribution in [3.05, 3.63) is 34.9 Å². The average Bonchev–Trinajstić information content (AvgIpc) is 2.27. The molecule has 0 aromatic heterocycles. The standard InChI is InChI=1S/C17H25Cl/c1-13-10-11-16(14(2)12-13)17(18)15-8-6-4-3-5-7-9-15/h10-12,15,17H,3-9H2,1-2H3. The summed E-state index contributed by atoms with van der Waals surface area (Å²) in [6, 6.07) is 6.69. The van der Waals surface area contributed by atoms with Crippen LogP contribution >= 0.6 is 11.6 Å². The lowest BCUT2D eigenvalue weighted by Gasteiger charge is -2.25. The number of alkyl halides is 1. The van der Waals surface area contributed by atoms with Gasteiger partial charge in [0.2, 0.25) is 0 Å². The van der Waals surface area contributed by atoms with Crippen molar-refractivity contribution in [2.45, 2.75) is 64.2 Å². The van der Waals surface area contributed by atoms with Crippen LogP contribution in [0.2, 0.25) is 0 Å². The van der Waals surface area contributed by atoms with Gasteiger partial charge in [-0.05, 0) is 43.7 Å². The highest BCUT2D eigenvalue weighted by atomic mass is 35.5. The molecule has 0 aliphatic heterocycles. The smallest absolute Gasteiger partial charge is 0.0615 e. The summed E-state index contributed by atoms with van der Waals surface area (Å²) in [5, 5.41) is 0.212. The maximum atomic E-state index is 6.77. The van der Waals surface area contributed by atoms with Gasteiger partial charge >= 0.3 is 0 Å². The van der Waals surface area contributed by atoms with Gasteiger partial charge in [0.05, 0.1) is 5.38 Å². The Morgan fingerprint density at radius 2 is 1.61 bits per heavy atom. The fourth-order valence-corrected chi connectivity index (χ4v) is 3.67. The molecule has 1 aliphatic carbocycles. The SMILES string of the molecule is Cc1ccc(C(Cl)C2CCCCCCC2)c(C)c1. The monoisotopic (exact) mass is 264 g/mol. The van der Waals surface area contributed by atoms with Gasteiger partial charge < -0.3 is 0 Å². The molecule has 1 fully saturated rings. The minimum Gasteiger partial charge on any atom is -0.118 e. The summed E-state index contributed by atoms with van der Waals surface area (Å²) in [5.74, 6) is 0.674. The first kappa shape index (κ1) is 13.9. The molecule has 0 radical (unpaired) electrons. The Hall–Kier alpha value is -0.490. The van der Waals surface area contributed by atoms with E-state index in [0.717, 1.165) is 0 Å². The number of hydrogen-bond donors (Lipinski definition) is 0. The quantitative estimate of drug-likeness (QED) is 0.580. The fraction of sp³-hybridized carbons (Fsp3) is 0.647. The van der Waals surface area contributed by atoms with Gasteiger partial charge in [-0.15, -0.1) is 11.6 Å². The van der Waals surface area contributed by atoms with Crippen molar-refractivity contribution in [3.63, 3.8) is 0 Å². The number of aryl methyl sites for hydroxylation is 2. The molecule has 1 saturated carbocycles. The maximum absolute atomic E-state index is 6.77. The summed E-state index contributed by atoms with van der Waals surface area (Å²) in [5.41, 5.74) is 4.04. The molecule has 2 rings (SSSR count). The van der Waals surface area contributed by atoms with E-state index in [9.17, 15) is 0 Å². The van der Waals surface area contributed by atoms with E-state index in [4.69, 9.17) is 11.6 Å². The lowest BCUT2D eigenvalue weighted by atomic mass is 9.85. The highest BCUT2D eigenvalue weighted by Gasteiger charge is 2.22. The summed E-state index contributed by atoms with van der Waals surface area (Å²) in [4.78, 5) is 0. The molecule has 0 nitrogen and oxygen atoms in total. The van der Waals surface area contributed by atoms with Crippen molar-refractivity contribution in [2.24, 2.45) is 5.92 Å². The van der Waals surface area contributed by atoms with Crippen LogP contribution in [0.3, 0.4) is 0 Å². The Kier molecular flexibility index (Phi) is 5.12. The average molecular weight is 265 g/mol. The second kappa shape index (κ2) is 6.61. The first-order valence-corrected chi connectivity index (χ1v) is 7.83. The van der Waals surface area contributed by atoms with E-state index in [0.29, 0.717) is 5.92 Å². The van der Waals surface area contributed by atoms with Gasteiger partial charge in [-0.25, -0.2) is 0 Å². The topological polar surface area (TPSA) is 0 Å². The largest absolute Gasteiger partial charge is 0.118 e. The van der Waals surface area contributed by atoms with Crippen molar-refractivity contribution >= 4 is 11.6 Å². The summed E-state index contributed by atoms with van der Waals surface area (Å²) >= 11 is 6.77. The van der Waals surface area contributed by atoms with Crippen LogP contribution in [0, 0.1) is 19.8 Å². The van der Waals surface area contributed by atoms with Gasteiger partial charge in [0.1, 0.15) is 0 Å². The third-order valence-corrected chi connectivity index (χ3v) is 4.88. The second-order valence-corrected chi connectivity index (χ2v) is 6.34. The molecule has 0 N–H and O–H groups in total. The van der Waals surface area contributed by atoms with E-state index in [2.05, 4.69) is 32.0 Å². The Balaban J connectivity index is 2.10. The molecule has 0 saturated heterocycles. The Morgan fingerprint density at radius 1 is 1.00 bits per heavy atom. The Labute approximate surface area is 117 Å². The molecule has 0 bridgehead atoms.